The van der Waals surface area contributed by atoms with Gasteiger partial charge in [0.2, 0.25) is 0 Å². The van der Waals surface area contributed by atoms with Crippen LogP contribution in [0.2, 0.25) is 0 Å². The van der Waals surface area contributed by atoms with Crippen LogP contribution >= 0.6 is 23.2 Å². The molecule has 0 unspecified atom stereocenters. The Bertz CT molecular complexity index is 849. The molecule has 0 N–H and O–H groups in total. The lowest BCUT2D eigenvalue weighted by Gasteiger charge is -2.29. The quantitative estimate of drug-likeness (QED) is 0.352. The molecular formula is C20H20Cl2. The van der Waals surface area contributed by atoms with Crippen LogP contribution in [-0.2, 0) is 9.75 Å². The summed E-state index contributed by atoms with van der Waals surface area (Å²) < 4.78 is 0. The minimum Gasteiger partial charge on any atom is -0.115 e. The largest absolute Gasteiger partial charge is 0.115 e. The van der Waals surface area contributed by atoms with Gasteiger partial charge in [0.25, 0.3) is 0 Å². The Kier molecular flexibility index (Phi) is 3.66. The van der Waals surface area contributed by atoms with Crippen molar-refractivity contribution in [3.05, 3.63) is 59.7 Å². The fraction of sp³-hybridized carbons (Fsp3) is 0.300. The maximum atomic E-state index is 6.74. The van der Waals surface area contributed by atoms with Gasteiger partial charge in [-0.1, -0.05) is 48.5 Å². The molecule has 0 heterocycles. The summed E-state index contributed by atoms with van der Waals surface area (Å²) in [5, 5.41) is 4.91. The van der Waals surface area contributed by atoms with Gasteiger partial charge in [0.15, 0.2) is 0 Å². The van der Waals surface area contributed by atoms with Gasteiger partial charge in [0.1, 0.15) is 0 Å². The molecule has 0 aliphatic heterocycles. The van der Waals surface area contributed by atoms with Crippen LogP contribution in [0.25, 0.3) is 21.5 Å². The van der Waals surface area contributed by atoms with Crippen molar-refractivity contribution in [3.8, 4) is 0 Å². The fourth-order valence-electron chi connectivity index (χ4n) is 3.22. The maximum absolute atomic E-state index is 6.74. The predicted molar refractivity (Wildman–Crippen MR) is 99.2 cm³/mol. The van der Waals surface area contributed by atoms with Gasteiger partial charge in [-0.05, 0) is 60.4 Å². The molecule has 0 nitrogen and oxygen atoms in total. The Morgan fingerprint density at radius 3 is 1.91 bits per heavy atom. The van der Waals surface area contributed by atoms with E-state index in [9.17, 15) is 0 Å². The van der Waals surface area contributed by atoms with Crippen LogP contribution in [0.1, 0.15) is 38.8 Å². The summed E-state index contributed by atoms with van der Waals surface area (Å²) in [6.07, 6.45) is 0. The molecule has 114 valence electrons. The first-order valence-corrected chi connectivity index (χ1v) is 8.28. The summed E-state index contributed by atoms with van der Waals surface area (Å²) in [4.78, 5) is -0.940. The van der Waals surface area contributed by atoms with E-state index in [4.69, 9.17) is 23.2 Å². The lowest BCUT2D eigenvalue weighted by molar-refractivity contribution is 0.700. The molecule has 0 aromatic heterocycles. The highest BCUT2D eigenvalue weighted by atomic mass is 35.5. The molecule has 0 amide bonds. The van der Waals surface area contributed by atoms with E-state index in [1.165, 1.54) is 21.5 Å². The summed E-state index contributed by atoms with van der Waals surface area (Å²) in [5.41, 5.74) is 2.22. The monoisotopic (exact) mass is 330 g/mol. The molecule has 22 heavy (non-hydrogen) atoms. The van der Waals surface area contributed by atoms with Crippen molar-refractivity contribution >= 4 is 44.7 Å². The van der Waals surface area contributed by atoms with Crippen LogP contribution in [0.5, 0.6) is 0 Å². The number of halogens is 2. The summed E-state index contributed by atoms with van der Waals surface area (Å²) in [6, 6.07) is 17.1. The smallest absolute Gasteiger partial charge is 0.0648 e. The second-order valence-corrected chi connectivity index (χ2v) is 8.70. The molecule has 3 aromatic rings. The number of rotatable bonds is 2. The first kappa shape index (κ1) is 15.6. The Morgan fingerprint density at radius 1 is 0.636 bits per heavy atom. The van der Waals surface area contributed by atoms with E-state index in [0.29, 0.717) is 0 Å². The lowest BCUT2D eigenvalue weighted by atomic mass is 9.84. The van der Waals surface area contributed by atoms with Gasteiger partial charge in [-0.2, -0.15) is 0 Å². The van der Waals surface area contributed by atoms with Gasteiger partial charge >= 0.3 is 0 Å². The van der Waals surface area contributed by atoms with E-state index in [2.05, 4.69) is 48.5 Å². The molecule has 0 radical (unpaired) electrons. The van der Waals surface area contributed by atoms with Crippen LogP contribution in [0.4, 0.5) is 0 Å². The van der Waals surface area contributed by atoms with Gasteiger partial charge in [-0.15, -0.1) is 23.2 Å². The van der Waals surface area contributed by atoms with E-state index in [1.807, 2.05) is 27.7 Å². The molecule has 0 saturated heterocycles. The average Bonchev–Trinajstić information content (AvgIpc) is 2.43. The molecule has 0 saturated carbocycles. The average molecular weight is 331 g/mol. The number of hydrogen-bond acceptors (Lipinski definition) is 0. The highest BCUT2D eigenvalue weighted by Gasteiger charge is 2.30. The van der Waals surface area contributed by atoms with E-state index in [1.54, 1.807) is 0 Å². The molecule has 0 bridgehead atoms. The van der Waals surface area contributed by atoms with Crippen LogP contribution in [-0.4, -0.2) is 0 Å². The van der Waals surface area contributed by atoms with Crippen molar-refractivity contribution in [2.45, 2.75) is 37.4 Å². The highest BCUT2D eigenvalue weighted by Crippen LogP contribution is 2.43. The van der Waals surface area contributed by atoms with Gasteiger partial charge in [-0.3, -0.25) is 0 Å². The summed E-state index contributed by atoms with van der Waals surface area (Å²) in [6.45, 7) is 8.10. The van der Waals surface area contributed by atoms with Gasteiger partial charge in [0.05, 0.1) is 9.75 Å². The molecule has 0 spiro atoms. The van der Waals surface area contributed by atoms with Crippen LogP contribution in [0.3, 0.4) is 0 Å². The summed E-state index contributed by atoms with van der Waals surface area (Å²) >= 11 is 13.4. The van der Waals surface area contributed by atoms with Crippen LogP contribution in [0.15, 0.2) is 48.5 Å². The second-order valence-electron chi connectivity index (χ2n) is 6.81. The first-order chi connectivity index (χ1) is 10.2. The highest BCUT2D eigenvalue weighted by molar-refractivity contribution is 6.27. The molecule has 0 aliphatic rings. The zero-order valence-electron chi connectivity index (χ0n) is 13.4. The van der Waals surface area contributed by atoms with Crippen molar-refractivity contribution in [1.29, 1.82) is 0 Å². The minimum absolute atomic E-state index is 0.457. The normalized spacial score (nSPS) is 13.0. The zero-order chi connectivity index (χ0) is 16.1. The van der Waals surface area contributed by atoms with Gasteiger partial charge in [-0.25, -0.2) is 0 Å². The molecule has 0 atom stereocenters. The fourth-order valence-corrected chi connectivity index (χ4v) is 3.59. The molecule has 0 fully saturated rings. The number of hydrogen-bond donors (Lipinski definition) is 0. The standard InChI is InChI=1S/C20H20Cl2/c1-19(2,21)17-12-11-15-14-8-6-5-7-13(14)9-10-16(15)18(17)20(3,4)22/h5-12H,1-4H3. The topological polar surface area (TPSA) is 0 Å². The molecule has 3 aromatic carbocycles. The third-order valence-corrected chi connectivity index (χ3v) is 4.55. The minimum atomic E-state index is -0.483. The van der Waals surface area contributed by atoms with Crippen LogP contribution < -0.4 is 0 Å². The van der Waals surface area contributed by atoms with E-state index in [-0.39, 0.29) is 0 Å². The van der Waals surface area contributed by atoms with Crippen LogP contribution in [0, 0.1) is 0 Å². The summed E-state index contributed by atoms with van der Waals surface area (Å²) in [5.74, 6) is 0. The van der Waals surface area contributed by atoms with Crippen molar-refractivity contribution in [3.63, 3.8) is 0 Å². The van der Waals surface area contributed by atoms with Crippen molar-refractivity contribution < 1.29 is 0 Å². The maximum Gasteiger partial charge on any atom is 0.0648 e. The van der Waals surface area contributed by atoms with E-state index in [0.717, 1.165) is 11.1 Å². The third-order valence-electron chi connectivity index (χ3n) is 4.16. The Balaban J connectivity index is 2.50. The van der Waals surface area contributed by atoms with Crippen molar-refractivity contribution in [2.75, 3.05) is 0 Å². The molecule has 0 aliphatic carbocycles. The van der Waals surface area contributed by atoms with Gasteiger partial charge in [0, 0.05) is 0 Å². The first-order valence-electron chi connectivity index (χ1n) is 7.53. The van der Waals surface area contributed by atoms with E-state index >= 15 is 0 Å². The second kappa shape index (κ2) is 5.15. The Morgan fingerprint density at radius 2 is 1.27 bits per heavy atom. The molecular weight excluding hydrogens is 311 g/mol. The lowest BCUT2D eigenvalue weighted by Crippen LogP contribution is -2.19. The van der Waals surface area contributed by atoms with Crippen molar-refractivity contribution in [2.24, 2.45) is 0 Å². The molecule has 3 rings (SSSR count). The Labute approximate surface area is 142 Å². The summed E-state index contributed by atoms with van der Waals surface area (Å²) in [7, 11) is 0. The predicted octanol–water partition coefficient (Wildman–Crippen LogP) is 6.94. The SMILES string of the molecule is CC(C)(Cl)c1ccc2c(ccc3ccccc32)c1C(C)(C)Cl. The van der Waals surface area contributed by atoms with Crippen molar-refractivity contribution in [1.82, 2.24) is 0 Å². The number of benzene rings is 3. The Hall–Kier alpha value is -1.24. The third kappa shape index (κ3) is 2.59. The van der Waals surface area contributed by atoms with Gasteiger partial charge < -0.3 is 0 Å². The zero-order valence-corrected chi connectivity index (χ0v) is 14.9. The number of fused-ring (bicyclic) bond motifs is 3. The van der Waals surface area contributed by atoms with E-state index < -0.39 is 9.75 Å². The molecule has 2 heteroatoms. The number of alkyl halides is 2.